The summed E-state index contributed by atoms with van der Waals surface area (Å²) in [4.78, 5) is 28.3. The summed E-state index contributed by atoms with van der Waals surface area (Å²) in [6.45, 7) is 2.23. The molecule has 0 spiro atoms. The van der Waals surface area contributed by atoms with Gasteiger partial charge in [0.1, 0.15) is 0 Å². The predicted molar refractivity (Wildman–Crippen MR) is 162 cm³/mol. The standard InChI is InChI=1S/C33H35F3N2O6S/c1-2-45(42,43)26-10-5-21(6-11-26)29(18-39)28-16-25(9-12-27(28)32(37)41)38-17-23(15-30(38)31(40)22-13-14-44-19-22)20-3-7-24(8-4-20)33(34,35)36/h3-12,16,22-23,29-30,39H,2,13-15,17-19H2,1H3,(H2,37,41)/t22?,23?,29-,30+/m1/s1. The van der Waals surface area contributed by atoms with Crippen molar-refractivity contribution in [2.24, 2.45) is 11.7 Å². The maximum atomic E-state index is 13.8. The second-order valence-corrected chi connectivity index (χ2v) is 13.8. The number of carbonyl (C=O) groups excluding carboxylic acids is 2. The second kappa shape index (κ2) is 12.9. The molecule has 240 valence electrons. The van der Waals surface area contributed by atoms with E-state index in [9.17, 15) is 36.3 Å². The smallest absolute Gasteiger partial charge is 0.395 e. The summed E-state index contributed by atoms with van der Waals surface area (Å²) in [7, 11) is -3.45. The molecule has 3 N–H and O–H groups in total. The van der Waals surface area contributed by atoms with Crippen LogP contribution in [0.5, 0.6) is 0 Å². The van der Waals surface area contributed by atoms with Crippen molar-refractivity contribution in [2.75, 3.05) is 37.0 Å². The zero-order valence-corrected chi connectivity index (χ0v) is 25.5. The molecular weight excluding hydrogens is 609 g/mol. The molecule has 2 aliphatic heterocycles. The average molecular weight is 645 g/mol. The number of aliphatic hydroxyl groups is 1. The lowest BCUT2D eigenvalue weighted by molar-refractivity contribution is -0.137. The Balaban J connectivity index is 1.53. The zero-order valence-electron chi connectivity index (χ0n) is 24.7. The van der Waals surface area contributed by atoms with E-state index in [4.69, 9.17) is 10.5 Å². The Labute approximate surface area is 259 Å². The molecule has 4 atom stereocenters. The number of rotatable bonds is 10. The van der Waals surface area contributed by atoms with Crippen molar-refractivity contribution in [1.29, 1.82) is 0 Å². The molecule has 0 aliphatic carbocycles. The molecule has 2 fully saturated rings. The van der Waals surface area contributed by atoms with Gasteiger partial charge in [-0.1, -0.05) is 31.2 Å². The van der Waals surface area contributed by atoms with Gasteiger partial charge >= 0.3 is 6.18 Å². The first kappa shape index (κ1) is 32.6. The van der Waals surface area contributed by atoms with Crippen LogP contribution in [-0.4, -0.2) is 63.4 Å². The molecule has 0 aromatic heterocycles. The summed E-state index contributed by atoms with van der Waals surface area (Å²) in [5, 5.41) is 10.5. The number of benzene rings is 3. The lowest BCUT2D eigenvalue weighted by atomic mass is 9.87. The van der Waals surface area contributed by atoms with Crippen LogP contribution in [0, 0.1) is 5.92 Å². The molecule has 2 saturated heterocycles. The number of nitrogens with two attached hydrogens (primary N) is 1. The molecule has 0 saturated carbocycles. The van der Waals surface area contributed by atoms with E-state index in [0.717, 1.165) is 12.1 Å². The lowest BCUT2D eigenvalue weighted by Gasteiger charge is -2.29. The number of halogens is 3. The van der Waals surface area contributed by atoms with Crippen LogP contribution in [-0.2, 0) is 25.5 Å². The van der Waals surface area contributed by atoms with Crippen molar-refractivity contribution in [3.05, 3.63) is 94.5 Å². The first-order valence-electron chi connectivity index (χ1n) is 14.8. The number of carbonyl (C=O) groups is 2. The fraction of sp³-hybridized carbons (Fsp3) is 0.394. The van der Waals surface area contributed by atoms with Gasteiger partial charge in [0.05, 0.1) is 35.5 Å². The molecule has 2 unspecified atom stereocenters. The zero-order chi connectivity index (χ0) is 32.5. The topological polar surface area (TPSA) is 127 Å². The molecule has 45 heavy (non-hydrogen) atoms. The minimum absolute atomic E-state index is 0.0196. The number of anilines is 1. The van der Waals surface area contributed by atoms with Crippen molar-refractivity contribution in [1.82, 2.24) is 0 Å². The summed E-state index contributed by atoms with van der Waals surface area (Å²) < 4.78 is 69.8. The number of hydrogen-bond acceptors (Lipinski definition) is 7. The van der Waals surface area contributed by atoms with Crippen LogP contribution in [0.2, 0.25) is 0 Å². The Morgan fingerprint density at radius 2 is 1.76 bits per heavy atom. The molecule has 2 heterocycles. The van der Waals surface area contributed by atoms with Gasteiger partial charge in [-0.25, -0.2) is 8.42 Å². The Hall–Kier alpha value is -3.74. The van der Waals surface area contributed by atoms with E-state index in [-0.39, 0.29) is 33.8 Å². The van der Waals surface area contributed by atoms with Crippen LogP contribution in [0.25, 0.3) is 0 Å². The van der Waals surface area contributed by atoms with Crippen molar-refractivity contribution >= 4 is 27.2 Å². The van der Waals surface area contributed by atoms with Gasteiger partial charge in [0.15, 0.2) is 15.6 Å². The van der Waals surface area contributed by atoms with Gasteiger partial charge in [-0.2, -0.15) is 13.2 Å². The summed E-state index contributed by atoms with van der Waals surface area (Å²) in [6, 6.07) is 15.4. The predicted octanol–water partition coefficient (Wildman–Crippen LogP) is 4.69. The second-order valence-electron chi connectivity index (χ2n) is 11.5. The lowest BCUT2D eigenvalue weighted by Crippen LogP contribution is -2.40. The summed E-state index contributed by atoms with van der Waals surface area (Å²) >= 11 is 0. The van der Waals surface area contributed by atoms with E-state index in [1.165, 1.54) is 30.3 Å². The molecule has 5 rings (SSSR count). The maximum absolute atomic E-state index is 13.8. The van der Waals surface area contributed by atoms with Gasteiger partial charge in [-0.3, -0.25) is 9.59 Å². The molecule has 12 heteroatoms. The number of alkyl halides is 3. The van der Waals surface area contributed by atoms with Crippen molar-refractivity contribution < 1.29 is 41.0 Å². The van der Waals surface area contributed by atoms with Crippen LogP contribution in [0.4, 0.5) is 18.9 Å². The minimum atomic E-state index is -4.46. The number of nitrogens with zero attached hydrogens (tertiary/aromatic N) is 1. The van der Waals surface area contributed by atoms with E-state index >= 15 is 0 Å². The Morgan fingerprint density at radius 3 is 2.31 bits per heavy atom. The number of hydrogen-bond donors (Lipinski definition) is 2. The highest BCUT2D eigenvalue weighted by Gasteiger charge is 2.41. The molecule has 0 bridgehead atoms. The van der Waals surface area contributed by atoms with Gasteiger partial charge in [0.25, 0.3) is 0 Å². The third-order valence-corrected chi connectivity index (χ3v) is 10.6. The van der Waals surface area contributed by atoms with E-state index in [0.29, 0.717) is 55.0 Å². The van der Waals surface area contributed by atoms with Crippen LogP contribution in [0.3, 0.4) is 0 Å². The monoisotopic (exact) mass is 644 g/mol. The summed E-state index contributed by atoms with van der Waals surface area (Å²) in [5.74, 6) is -2.11. The average Bonchev–Trinajstić information content (AvgIpc) is 3.72. The first-order chi connectivity index (χ1) is 21.3. The van der Waals surface area contributed by atoms with Gasteiger partial charge in [0, 0.05) is 42.2 Å². The van der Waals surface area contributed by atoms with Gasteiger partial charge in [-0.15, -0.1) is 0 Å². The summed E-state index contributed by atoms with van der Waals surface area (Å²) in [5.41, 5.74) is 7.37. The molecule has 2 aliphatic rings. The van der Waals surface area contributed by atoms with Gasteiger partial charge in [-0.05, 0) is 72.0 Å². The molecule has 1 amide bonds. The number of sulfone groups is 1. The first-order valence-corrected chi connectivity index (χ1v) is 16.4. The molecule has 3 aromatic rings. The molecular formula is C33H35F3N2O6S. The van der Waals surface area contributed by atoms with E-state index in [1.807, 2.05) is 4.90 Å². The Kier molecular flexibility index (Phi) is 9.39. The Morgan fingerprint density at radius 1 is 1.07 bits per heavy atom. The van der Waals surface area contributed by atoms with E-state index < -0.39 is 46.1 Å². The highest BCUT2D eigenvalue weighted by molar-refractivity contribution is 7.91. The highest BCUT2D eigenvalue weighted by atomic mass is 32.2. The molecule has 8 nitrogen and oxygen atoms in total. The van der Waals surface area contributed by atoms with Crippen molar-refractivity contribution in [3.63, 3.8) is 0 Å². The number of primary amides is 1. The number of aliphatic hydroxyl groups excluding tert-OH is 1. The minimum Gasteiger partial charge on any atom is -0.395 e. The molecule has 3 aromatic carbocycles. The quantitative estimate of drug-likeness (QED) is 0.328. The van der Waals surface area contributed by atoms with Crippen LogP contribution in [0.15, 0.2) is 71.6 Å². The largest absolute Gasteiger partial charge is 0.416 e. The van der Waals surface area contributed by atoms with Crippen molar-refractivity contribution in [2.45, 2.75) is 48.7 Å². The number of ether oxygens (including phenoxy) is 1. The maximum Gasteiger partial charge on any atom is 0.416 e. The third-order valence-electron chi connectivity index (χ3n) is 8.88. The van der Waals surface area contributed by atoms with Crippen molar-refractivity contribution in [3.8, 4) is 0 Å². The SMILES string of the molecule is CCS(=O)(=O)c1ccc([C@@H](CO)c2cc(N3CC(c4ccc(C(F)(F)F)cc4)C[C@H]3C(=O)C3CCOC3)ccc2C(N)=O)cc1. The third kappa shape index (κ3) is 6.78. The van der Waals surface area contributed by atoms with Gasteiger partial charge in [0.2, 0.25) is 5.91 Å². The summed E-state index contributed by atoms with van der Waals surface area (Å²) in [6.07, 6.45) is -3.51. The van der Waals surface area contributed by atoms with E-state index in [1.54, 1.807) is 31.2 Å². The number of Topliss-reactive ketones (excluding diaryl/α,β-unsaturated/α-hetero) is 1. The number of amides is 1. The van der Waals surface area contributed by atoms with Crippen LogP contribution >= 0.6 is 0 Å². The molecule has 0 radical (unpaired) electrons. The normalized spacial score (nSPS) is 21.2. The van der Waals surface area contributed by atoms with Crippen LogP contribution < -0.4 is 10.6 Å². The fourth-order valence-corrected chi connectivity index (χ4v) is 7.19. The fourth-order valence-electron chi connectivity index (χ4n) is 6.31. The number of ketones is 1. The highest BCUT2D eigenvalue weighted by Crippen LogP contribution is 2.40. The van der Waals surface area contributed by atoms with Crippen LogP contribution in [0.1, 0.15) is 64.2 Å². The van der Waals surface area contributed by atoms with E-state index in [2.05, 4.69) is 0 Å². The Bertz CT molecular complexity index is 1650. The van der Waals surface area contributed by atoms with Gasteiger partial charge < -0.3 is 20.5 Å².